The van der Waals surface area contributed by atoms with E-state index in [0.717, 1.165) is 0 Å². The highest BCUT2D eigenvalue weighted by Gasteiger charge is 2.23. The molecule has 0 rings (SSSR count). The summed E-state index contributed by atoms with van der Waals surface area (Å²) in [6.45, 7) is 3.11. The fourth-order valence-electron chi connectivity index (χ4n) is 0.906. The van der Waals surface area contributed by atoms with Gasteiger partial charge in [0.25, 0.3) is 0 Å². The third kappa shape index (κ3) is 5.65. The van der Waals surface area contributed by atoms with Crippen LogP contribution in [-0.4, -0.2) is 35.6 Å². The van der Waals surface area contributed by atoms with Gasteiger partial charge in [0.2, 0.25) is 0 Å². The van der Waals surface area contributed by atoms with Gasteiger partial charge in [-0.25, -0.2) is 0 Å². The summed E-state index contributed by atoms with van der Waals surface area (Å²) in [5.74, 6) is -1.65. The molecule has 0 aliphatic rings. The number of aliphatic hydroxyl groups is 1. The van der Waals surface area contributed by atoms with E-state index in [9.17, 15) is 9.59 Å². The molecule has 0 aliphatic heterocycles. The number of rotatable bonds is 4. The molecule has 0 aromatic rings. The summed E-state index contributed by atoms with van der Waals surface area (Å²) in [6.07, 6.45) is 0.351. The Morgan fingerprint density at radius 1 is 1.40 bits per heavy atom. The normalized spacial score (nSPS) is 10.3. The lowest BCUT2D eigenvalue weighted by Crippen LogP contribution is -2.50. The number of nitrogens with zero attached hydrogens (tertiary/aromatic N) is 1. The van der Waals surface area contributed by atoms with Gasteiger partial charge in [0.1, 0.15) is 6.54 Å². The third-order valence-corrected chi connectivity index (χ3v) is 1.72. The maximum absolute atomic E-state index is 11.2. The topological polar surface area (TPSA) is 102 Å². The molecule has 0 unspecified atom stereocenters. The number of nitriles is 1. The standard InChI is InChI=1S/C9H15N3O3/c1-9(2,3-6-13)12-8(15)7(14)11-5-4-10/h13H,3,5-6H2,1-2H3,(H,11,14)(H,12,15). The van der Waals surface area contributed by atoms with E-state index < -0.39 is 17.4 Å². The molecule has 0 radical (unpaired) electrons. The Labute approximate surface area is 88.3 Å². The van der Waals surface area contributed by atoms with Crippen molar-refractivity contribution >= 4 is 11.8 Å². The van der Waals surface area contributed by atoms with Crippen LogP contribution in [0, 0.1) is 11.3 Å². The Balaban J connectivity index is 4.13. The summed E-state index contributed by atoms with van der Waals surface area (Å²) >= 11 is 0. The summed E-state index contributed by atoms with van der Waals surface area (Å²) in [4.78, 5) is 22.3. The van der Waals surface area contributed by atoms with Crippen LogP contribution in [0.2, 0.25) is 0 Å². The SMILES string of the molecule is CC(C)(CCO)NC(=O)C(=O)NCC#N. The van der Waals surface area contributed by atoms with Crippen LogP contribution < -0.4 is 10.6 Å². The maximum atomic E-state index is 11.2. The molecule has 0 aromatic heterocycles. The lowest BCUT2D eigenvalue weighted by molar-refractivity contribution is -0.140. The first-order chi connectivity index (χ1) is 6.93. The largest absolute Gasteiger partial charge is 0.396 e. The number of carbonyl (C=O) groups excluding carboxylic acids is 2. The first kappa shape index (κ1) is 13.4. The van der Waals surface area contributed by atoms with E-state index in [1.807, 2.05) is 0 Å². The van der Waals surface area contributed by atoms with Crippen molar-refractivity contribution in [3.05, 3.63) is 0 Å². The van der Waals surface area contributed by atoms with Crippen LogP contribution in [0.5, 0.6) is 0 Å². The minimum absolute atomic E-state index is 0.0763. The molecule has 0 bridgehead atoms. The van der Waals surface area contributed by atoms with E-state index in [2.05, 4.69) is 10.6 Å². The lowest BCUT2D eigenvalue weighted by atomic mass is 10.0. The van der Waals surface area contributed by atoms with Gasteiger partial charge in [-0.2, -0.15) is 5.26 Å². The molecule has 0 heterocycles. The second-order valence-electron chi connectivity index (χ2n) is 3.65. The first-order valence-corrected chi connectivity index (χ1v) is 4.51. The molecule has 0 saturated carbocycles. The smallest absolute Gasteiger partial charge is 0.310 e. The average molecular weight is 213 g/mol. The number of carbonyl (C=O) groups is 2. The zero-order valence-corrected chi connectivity index (χ0v) is 8.83. The quantitative estimate of drug-likeness (QED) is 0.407. The molecule has 0 fully saturated rings. The minimum atomic E-state index is -0.845. The first-order valence-electron chi connectivity index (χ1n) is 4.51. The highest BCUT2D eigenvalue weighted by Crippen LogP contribution is 2.06. The number of nitrogens with one attached hydrogen (secondary N) is 2. The molecule has 84 valence electrons. The van der Waals surface area contributed by atoms with Crippen LogP contribution in [0.15, 0.2) is 0 Å². The zero-order chi connectivity index (χ0) is 11.9. The minimum Gasteiger partial charge on any atom is -0.396 e. The fourth-order valence-corrected chi connectivity index (χ4v) is 0.906. The lowest BCUT2D eigenvalue weighted by Gasteiger charge is -2.24. The number of amides is 2. The van der Waals surface area contributed by atoms with E-state index in [1.54, 1.807) is 19.9 Å². The van der Waals surface area contributed by atoms with E-state index in [1.165, 1.54) is 0 Å². The Bertz CT molecular complexity index is 281. The van der Waals surface area contributed by atoms with Gasteiger partial charge in [-0.1, -0.05) is 0 Å². The van der Waals surface area contributed by atoms with Crippen molar-refractivity contribution < 1.29 is 14.7 Å². The predicted molar refractivity (Wildman–Crippen MR) is 52.5 cm³/mol. The van der Waals surface area contributed by atoms with Gasteiger partial charge in [-0.3, -0.25) is 9.59 Å². The number of hydrogen-bond acceptors (Lipinski definition) is 4. The molecule has 2 amide bonds. The molecule has 3 N–H and O–H groups in total. The second kappa shape index (κ2) is 5.98. The number of hydrogen-bond donors (Lipinski definition) is 3. The predicted octanol–water partition coefficient (Wildman–Crippen LogP) is -1.10. The van der Waals surface area contributed by atoms with Crippen LogP contribution in [0.3, 0.4) is 0 Å². The van der Waals surface area contributed by atoms with Crippen molar-refractivity contribution in [2.75, 3.05) is 13.2 Å². The van der Waals surface area contributed by atoms with Gasteiger partial charge in [-0.05, 0) is 20.3 Å². The van der Waals surface area contributed by atoms with Crippen LogP contribution >= 0.6 is 0 Å². The van der Waals surface area contributed by atoms with Gasteiger partial charge >= 0.3 is 11.8 Å². The van der Waals surface area contributed by atoms with Gasteiger partial charge in [0.05, 0.1) is 6.07 Å². The molecular weight excluding hydrogens is 198 g/mol. The molecule has 0 atom stereocenters. The van der Waals surface area contributed by atoms with Gasteiger partial charge in [-0.15, -0.1) is 0 Å². The summed E-state index contributed by atoms with van der Waals surface area (Å²) in [5.41, 5.74) is -0.643. The fraction of sp³-hybridized carbons (Fsp3) is 0.667. The van der Waals surface area contributed by atoms with E-state index in [-0.39, 0.29) is 13.2 Å². The molecule has 0 aliphatic carbocycles. The van der Waals surface area contributed by atoms with Crippen molar-refractivity contribution in [3.8, 4) is 6.07 Å². The Morgan fingerprint density at radius 2 is 2.00 bits per heavy atom. The average Bonchev–Trinajstić information content (AvgIpc) is 2.13. The monoisotopic (exact) mass is 213 g/mol. The number of aliphatic hydroxyl groups excluding tert-OH is 1. The van der Waals surface area contributed by atoms with Crippen molar-refractivity contribution in [3.63, 3.8) is 0 Å². The molecule has 0 saturated heterocycles. The van der Waals surface area contributed by atoms with Crippen LogP contribution in [-0.2, 0) is 9.59 Å². The summed E-state index contributed by atoms with van der Waals surface area (Å²) in [7, 11) is 0. The molecular formula is C9H15N3O3. The van der Waals surface area contributed by atoms with E-state index in [0.29, 0.717) is 6.42 Å². The summed E-state index contributed by atoms with van der Waals surface area (Å²) < 4.78 is 0. The van der Waals surface area contributed by atoms with Crippen molar-refractivity contribution in [2.24, 2.45) is 0 Å². The second-order valence-corrected chi connectivity index (χ2v) is 3.65. The highest BCUT2D eigenvalue weighted by atomic mass is 16.3. The van der Waals surface area contributed by atoms with Crippen LogP contribution in [0.25, 0.3) is 0 Å². The maximum Gasteiger partial charge on any atom is 0.310 e. The Kier molecular flexibility index (Phi) is 5.34. The van der Waals surface area contributed by atoms with Gasteiger partial charge < -0.3 is 15.7 Å². The molecule has 0 spiro atoms. The summed E-state index contributed by atoms with van der Waals surface area (Å²) in [6, 6.07) is 1.69. The van der Waals surface area contributed by atoms with E-state index >= 15 is 0 Å². The highest BCUT2D eigenvalue weighted by molar-refractivity contribution is 6.35. The van der Waals surface area contributed by atoms with Gasteiger partial charge in [0, 0.05) is 12.1 Å². The summed E-state index contributed by atoms with van der Waals surface area (Å²) in [5, 5.41) is 21.5. The van der Waals surface area contributed by atoms with Crippen LogP contribution in [0.1, 0.15) is 20.3 Å². The molecule has 0 aromatic carbocycles. The Hall–Kier alpha value is -1.61. The molecule has 6 heteroatoms. The van der Waals surface area contributed by atoms with Gasteiger partial charge in [0.15, 0.2) is 0 Å². The van der Waals surface area contributed by atoms with Crippen molar-refractivity contribution in [1.29, 1.82) is 5.26 Å². The van der Waals surface area contributed by atoms with E-state index in [4.69, 9.17) is 10.4 Å². The van der Waals surface area contributed by atoms with Crippen LogP contribution in [0.4, 0.5) is 0 Å². The molecule has 15 heavy (non-hydrogen) atoms. The zero-order valence-electron chi connectivity index (χ0n) is 8.83. The van der Waals surface area contributed by atoms with Crippen molar-refractivity contribution in [2.45, 2.75) is 25.8 Å². The molecule has 6 nitrogen and oxygen atoms in total. The van der Waals surface area contributed by atoms with Crippen molar-refractivity contribution in [1.82, 2.24) is 10.6 Å². The third-order valence-electron chi connectivity index (χ3n) is 1.72. The Morgan fingerprint density at radius 3 is 2.47 bits per heavy atom.